The summed E-state index contributed by atoms with van der Waals surface area (Å²) >= 11 is 0. The molecule has 0 saturated heterocycles. The van der Waals surface area contributed by atoms with Crippen molar-refractivity contribution in [1.29, 1.82) is 0 Å². The van der Waals surface area contributed by atoms with Crippen molar-refractivity contribution >= 4 is 13.8 Å². The number of aliphatic hydroxyl groups excluding tert-OH is 5. The summed E-state index contributed by atoms with van der Waals surface area (Å²) in [5, 5.41) is 49.8. The Balaban J connectivity index is 2.51. The van der Waals surface area contributed by atoms with Crippen molar-refractivity contribution in [2.75, 3.05) is 19.8 Å². The highest BCUT2D eigenvalue weighted by Crippen LogP contribution is 2.47. The molecule has 6 unspecified atom stereocenters. The summed E-state index contributed by atoms with van der Waals surface area (Å²) in [6.45, 7) is 4.10. The Morgan fingerprint density at radius 3 is 1.83 bits per heavy atom. The number of rotatable bonds is 29. The highest BCUT2D eigenvalue weighted by Gasteiger charge is 2.51. The van der Waals surface area contributed by atoms with Gasteiger partial charge in [-0.15, -0.1) is 0 Å². The Bertz CT molecular complexity index is 900. The summed E-state index contributed by atoms with van der Waals surface area (Å²) in [6.07, 6.45) is 14.2. The molecule has 0 aromatic heterocycles. The van der Waals surface area contributed by atoms with Crippen LogP contribution in [-0.2, 0) is 27.9 Å². The monoisotopic (exact) mass is 708 g/mol. The minimum atomic E-state index is -5.00. The van der Waals surface area contributed by atoms with Gasteiger partial charge in [-0.2, -0.15) is 0 Å². The van der Waals surface area contributed by atoms with E-state index in [2.05, 4.69) is 38.2 Å². The van der Waals surface area contributed by atoms with Crippen molar-refractivity contribution in [1.82, 2.24) is 0 Å². The summed E-state index contributed by atoms with van der Waals surface area (Å²) in [4.78, 5) is 22.9. The smallest absolute Gasteiger partial charge is 0.457 e. The molecule has 282 valence electrons. The maximum absolute atomic E-state index is 12.7. The lowest BCUT2D eigenvalue weighted by Crippen LogP contribution is -2.64. The molecular formula is C35H65O12P. The molecule has 0 amide bonds. The number of unbranched alkanes of at least 4 members (excludes halogenated alkanes) is 13. The Kier molecular flexibility index (Phi) is 25.7. The number of hydrogen-bond acceptors (Lipinski definition) is 11. The minimum Gasteiger partial charge on any atom is -0.457 e. The maximum atomic E-state index is 12.7. The first-order valence-electron chi connectivity index (χ1n) is 18.2. The van der Waals surface area contributed by atoms with Crippen molar-refractivity contribution in [2.24, 2.45) is 0 Å². The molecule has 0 spiro atoms. The van der Waals surface area contributed by atoms with Crippen LogP contribution < -0.4 is 0 Å². The van der Waals surface area contributed by atoms with E-state index < -0.39 is 63.1 Å². The fourth-order valence-electron chi connectivity index (χ4n) is 5.33. The molecule has 6 atom stereocenters. The molecule has 1 saturated carbocycles. The molecule has 0 aliphatic heterocycles. The number of aliphatic hydroxyl groups is 5. The Labute approximate surface area is 288 Å². The predicted molar refractivity (Wildman–Crippen MR) is 184 cm³/mol. The lowest BCUT2D eigenvalue weighted by molar-refractivity contribution is -0.220. The second-order valence-corrected chi connectivity index (χ2v) is 14.1. The second-order valence-electron chi connectivity index (χ2n) is 12.7. The van der Waals surface area contributed by atoms with Crippen LogP contribution in [0.25, 0.3) is 0 Å². The number of phosphoric acid groups is 1. The summed E-state index contributed by atoms with van der Waals surface area (Å²) in [5.41, 5.74) is 0. The van der Waals surface area contributed by atoms with E-state index in [0.717, 1.165) is 70.6 Å². The SMILES string of the molecule is CCC/C=C\C/C=C\CCCCCCCC(=O)OC(COCCCCCCCCCC)COP(=O)(O)OC1C(O)C(O)C(O)C(O)C1O. The number of hydrogen-bond donors (Lipinski definition) is 6. The fourth-order valence-corrected chi connectivity index (χ4v) is 6.30. The van der Waals surface area contributed by atoms with E-state index >= 15 is 0 Å². The third-order valence-electron chi connectivity index (χ3n) is 8.31. The van der Waals surface area contributed by atoms with E-state index in [9.17, 15) is 39.8 Å². The molecule has 1 fully saturated rings. The van der Waals surface area contributed by atoms with Crippen molar-refractivity contribution in [3.05, 3.63) is 24.3 Å². The normalized spacial score (nSPS) is 25.1. The Morgan fingerprint density at radius 1 is 0.667 bits per heavy atom. The van der Waals surface area contributed by atoms with Crippen LogP contribution in [-0.4, -0.2) is 98.9 Å². The molecule has 12 nitrogen and oxygen atoms in total. The number of ether oxygens (including phenoxy) is 2. The van der Waals surface area contributed by atoms with Crippen LogP contribution in [0.15, 0.2) is 24.3 Å². The van der Waals surface area contributed by atoms with E-state index in [-0.39, 0.29) is 13.0 Å². The Morgan fingerprint density at radius 2 is 1.21 bits per heavy atom. The molecule has 13 heteroatoms. The summed E-state index contributed by atoms with van der Waals surface area (Å²) < 4.78 is 33.8. The molecular weight excluding hydrogens is 643 g/mol. The molecule has 0 aromatic rings. The van der Waals surface area contributed by atoms with Gasteiger partial charge >= 0.3 is 13.8 Å². The first-order chi connectivity index (χ1) is 23.0. The van der Waals surface area contributed by atoms with E-state index in [0.29, 0.717) is 13.0 Å². The molecule has 0 radical (unpaired) electrons. The Hall–Kier alpha value is -1.18. The average molecular weight is 709 g/mol. The van der Waals surface area contributed by atoms with Gasteiger partial charge in [0.25, 0.3) is 0 Å². The lowest BCUT2D eigenvalue weighted by atomic mass is 9.85. The number of allylic oxidation sites excluding steroid dienone is 4. The topological polar surface area (TPSA) is 192 Å². The van der Waals surface area contributed by atoms with Gasteiger partial charge in [-0.25, -0.2) is 4.57 Å². The molecule has 1 rings (SSSR count). The van der Waals surface area contributed by atoms with Gasteiger partial charge < -0.3 is 39.9 Å². The van der Waals surface area contributed by atoms with Crippen molar-refractivity contribution in [3.8, 4) is 0 Å². The van der Waals surface area contributed by atoms with Crippen LogP contribution in [0.5, 0.6) is 0 Å². The molecule has 1 aliphatic rings. The predicted octanol–water partition coefficient (Wildman–Crippen LogP) is 5.41. The van der Waals surface area contributed by atoms with Gasteiger partial charge in [-0.1, -0.05) is 109 Å². The standard InChI is InChI=1S/C35H65O12P/c1-3-5-7-9-11-13-14-15-16-17-18-20-22-24-29(36)46-28(26-44-25-23-21-19-12-10-8-6-4-2)27-45-48(42,43)47-35-33(40)31(38)30(37)32(39)34(35)41/h7,9,13-14,28,30-35,37-41H,3-6,8,10-12,15-27H2,1-2H3,(H,42,43)/b9-7-,14-13-. The van der Waals surface area contributed by atoms with Gasteiger partial charge in [-0.3, -0.25) is 13.8 Å². The van der Waals surface area contributed by atoms with Crippen LogP contribution in [0.2, 0.25) is 0 Å². The van der Waals surface area contributed by atoms with Gasteiger partial charge in [0.15, 0.2) is 0 Å². The zero-order valence-corrected chi connectivity index (χ0v) is 30.2. The second kappa shape index (κ2) is 27.5. The zero-order chi connectivity index (χ0) is 35.6. The van der Waals surface area contributed by atoms with Crippen LogP contribution in [0.1, 0.15) is 129 Å². The summed E-state index contributed by atoms with van der Waals surface area (Å²) in [6, 6.07) is 0. The first-order valence-corrected chi connectivity index (χ1v) is 19.7. The first kappa shape index (κ1) is 44.8. The highest BCUT2D eigenvalue weighted by molar-refractivity contribution is 7.47. The van der Waals surface area contributed by atoms with Crippen LogP contribution in [0, 0.1) is 0 Å². The fraction of sp³-hybridized carbons (Fsp3) is 0.857. The van der Waals surface area contributed by atoms with Crippen LogP contribution in [0.3, 0.4) is 0 Å². The van der Waals surface area contributed by atoms with Crippen LogP contribution in [0.4, 0.5) is 0 Å². The molecule has 0 heterocycles. The summed E-state index contributed by atoms with van der Waals surface area (Å²) in [5.74, 6) is -0.495. The zero-order valence-electron chi connectivity index (χ0n) is 29.3. The number of carbonyl (C=O) groups excluding carboxylic acids is 1. The number of carbonyl (C=O) groups is 1. The van der Waals surface area contributed by atoms with Gasteiger partial charge in [-0.05, 0) is 38.5 Å². The molecule has 0 bridgehead atoms. The third-order valence-corrected chi connectivity index (χ3v) is 9.29. The quantitative estimate of drug-likeness (QED) is 0.0251. The van der Waals surface area contributed by atoms with Gasteiger partial charge in [0.2, 0.25) is 0 Å². The van der Waals surface area contributed by atoms with Gasteiger partial charge in [0.1, 0.15) is 42.7 Å². The highest BCUT2D eigenvalue weighted by atomic mass is 31.2. The average Bonchev–Trinajstić information content (AvgIpc) is 3.06. The maximum Gasteiger partial charge on any atom is 0.472 e. The van der Waals surface area contributed by atoms with E-state index in [1.165, 1.54) is 32.1 Å². The minimum absolute atomic E-state index is 0.0809. The van der Waals surface area contributed by atoms with E-state index in [4.69, 9.17) is 18.5 Å². The molecule has 1 aliphatic carbocycles. The van der Waals surface area contributed by atoms with Crippen molar-refractivity contribution in [2.45, 2.75) is 172 Å². The van der Waals surface area contributed by atoms with Crippen molar-refractivity contribution in [3.63, 3.8) is 0 Å². The third kappa shape index (κ3) is 20.5. The van der Waals surface area contributed by atoms with Crippen LogP contribution >= 0.6 is 7.82 Å². The summed E-state index contributed by atoms with van der Waals surface area (Å²) in [7, 11) is -5.00. The van der Waals surface area contributed by atoms with Gasteiger partial charge in [0, 0.05) is 13.0 Å². The number of esters is 1. The van der Waals surface area contributed by atoms with E-state index in [1.54, 1.807) is 0 Å². The van der Waals surface area contributed by atoms with E-state index in [1.807, 2.05) is 0 Å². The number of phosphoric ester groups is 1. The molecule has 0 aromatic carbocycles. The molecule has 6 N–H and O–H groups in total. The van der Waals surface area contributed by atoms with Crippen molar-refractivity contribution < 1.29 is 58.3 Å². The molecule has 48 heavy (non-hydrogen) atoms. The largest absolute Gasteiger partial charge is 0.472 e. The lowest BCUT2D eigenvalue weighted by Gasteiger charge is -2.41. The van der Waals surface area contributed by atoms with Gasteiger partial charge in [0.05, 0.1) is 13.2 Å².